The second-order valence-corrected chi connectivity index (χ2v) is 9.84. The normalized spacial score (nSPS) is 13.5. The molecule has 204 valence electrons. The Hall–Kier alpha value is -1.61. The lowest BCUT2D eigenvalue weighted by molar-refractivity contribution is -0.155. The van der Waals surface area contributed by atoms with Crippen LogP contribution in [0.4, 0.5) is 8.78 Å². The van der Waals surface area contributed by atoms with E-state index in [2.05, 4.69) is 11.9 Å². The van der Waals surface area contributed by atoms with E-state index < -0.39 is 56.3 Å². The van der Waals surface area contributed by atoms with Gasteiger partial charge in [0.2, 0.25) is 5.91 Å². The van der Waals surface area contributed by atoms with Crippen LogP contribution in [0, 0.1) is 0 Å². The summed E-state index contributed by atoms with van der Waals surface area (Å²) in [6, 6.07) is -0.864. The number of alkyl halides is 2. The van der Waals surface area contributed by atoms with Gasteiger partial charge in [-0.3, -0.25) is 18.9 Å². The number of nitrogens with one attached hydrogen (secondary N) is 1. The second-order valence-electron chi connectivity index (χ2n) is 7.03. The Bertz CT molecular complexity index is 726. The third-order valence-electron chi connectivity index (χ3n) is 3.91. The van der Waals surface area contributed by atoms with Gasteiger partial charge in [0.15, 0.2) is 0 Å². The number of nitrogens with two attached hydrogens (primary N) is 1. The molecule has 0 rings (SSSR count). The standard InChI is InChI=1S/C19H33F2N2O10PS/c1-3-4-17(25)33-15(11-32-14(2)24)12-35-13-16(22)18(26)23-6-8-31-10-9-30-7-5-19(20,21)34(27,28)29/h3,15-16H,1,4-13,22H2,2H3,(H,23,26)(H2,27,28,29). The lowest BCUT2D eigenvalue weighted by Crippen LogP contribution is -2.43. The zero-order chi connectivity index (χ0) is 26.9. The van der Waals surface area contributed by atoms with Gasteiger partial charge in [0.05, 0.1) is 38.9 Å². The highest BCUT2D eigenvalue weighted by atomic mass is 32.2. The Morgan fingerprint density at radius 3 is 2.37 bits per heavy atom. The molecule has 16 heteroatoms. The number of amides is 1. The lowest BCUT2D eigenvalue weighted by atomic mass is 10.3. The lowest BCUT2D eigenvalue weighted by Gasteiger charge is -2.18. The number of rotatable bonds is 20. The molecule has 0 saturated heterocycles. The number of hydrogen-bond donors (Lipinski definition) is 4. The van der Waals surface area contributed by atoms with Crippen LogP contribution in [0.5, 0.6) is 0 Å². The van der Waals surface area contributed by atoms with Crippen molar-refractivity contribution in [1.82, 2.24) is 5.32 Å². The van der Waals surface area contributed by atoms with Gasteiger partial charge in [0.1, 0.15) is 12.7 Å². The van der Waals surface area contributed by atoms with Crippen molar-refractivity contribution in [2.24, 2.45) is 5.73 Å². The Kier molecular flexibility index (Phi) is 16.9. The quantitative estimate of drug-likeness (QED) is 0.0710. The highest BCUT2D eigenvalue weighted by Gasteiger charge is 2.47. The summed E-state index contributed by atoms with van der Waals surface area (Å²) in [7, 11) is -5.52. The smallest absolute Gasteiger partial charge is 0.394 e. The molecule has 12 nitrogen and oxygen atoms in total. The summed E-state index contributed by atoms with van der Waals surface area (Å²) in [4.78, 5) is 51.6. The predicted molar refractivity (Wildman–Crippen MR) is 123 cm³/mol. The maximum absolute atomic E-state index is 13.0. The van der Waals surface area contributed by atoms with E-state index in [-0.39, 0.29) is 50.9 Å². The summed E-state index contributed by atoms with van der Waals surface area (Å²) in [6.45, 7) is 4.15. The average Bonchev–Trinajstić information content (AvgIpc) is 2.75. The molecule has 0 radical (unpaired) electrons. The zero-order valence-corrected chi connectivity index (χ0v) is 21.1. The van der Waals surface area contributed by atoms with E-state index in [1.807, 2.05) is 0 Å². The number of carbonyl (C=O) groups excluding carboxylic acids is 3. The topological polar surface area (TPSA) is 184 Å². The fourth-order valence-corrected chi connectivity index (χ4v) is 3.47. The van der Waals surface area contributed by atoms with Gasteiger partial charge in [-0.25, -0.2) is 0 Å². The van der Waals surface area contributed by atoms with Crippen LogP contribution in [0.1, 0.15) is 19.8 Å². The van der Waals surface area contributed by atoms with E-state index in [0.29, 0.717) is 0 Å². The summed E-state index contributed by atoms with van der Waals surface area (Å²) in [5.41, 5.74) is 1.67. The van der Waals surface area contributed by atoms with Crippen molar-refractivity contribution >= 4 is 37.2 Å². The molecule has 0 aromatic carbocycles. The van der Waals surface area contributed by atoms with Gasteiger partial charge in [-0.15, -0.1) is 6.58 Å². The van der Waals surface area contributed by atoms with E-state index in [0.717, 1.165) is 0 Å². The summed E-state index contributed by atoms with van der Waals surface area (Å²) in [6.07, 6.45) is -0.438. The molecule has 0 fully saturated rings. The molecule has 0 aliphatic rings. The van der Waals surface area contributed by atoms with Gasteiger partial charge >= 0.3 is 25.2 Å². The van der Waals surface area contributed by atoms with Crippen molar-refractivity contribution in [3.63, 3.8) is 0 Å². The summed E-state index contributed by atoms with van der Waals surface area (Å²) >= 11 is 1.24. The average molecular weight is 551 g/mol. The third-order valence-corrected chi connectivity index (χ3v) is 6.19. The molecule has 0 spiro atoms. The molecule has 2 atom stereocenters. The predicted octanol–water partition coefficient (Wildman–Crippen LogP) is 0.408. The number of carbonyl (C=O) groups is 3. The van der Waals surface area contributed by atoms with Crippen LogP contribution in [0.25, 0.3) is 0 Å². The van der Waals surface area contributed by atoms with Crippen LogP contribution in [0.2, 0.25) is 0 Å². The summed E-state index contributed by atoms with van der Waals surface area (Å²) in [5, 5.41) is 2.55. The summed E-state index contributed by atoms with van der Waals surface area (Å²) < 4.78 is 56.7. The number of esters is 2. The molecule has 35 heavy (non-hydrogen) atoms. The van der Waals surface area contributed by atoms with Crippen molar-refractivity contribution in [2.45, 2.75) is 37.6 Å². The first-order chi connectivity index (χ1) is 16.3. The zero-order valence-electron chi connectivity index (χ0n) is 19.4. The fourth-order valence-electron chi connectivity index (χ4n) is 2.12. The molecule has 0 aliphatic carbocycles. The molecular weight excluding hydrogens is 517 g/mol. The minimum atomic E-state index is -5.52. The SMILES string of the molecule is C=CCC(=O)OC(COC(C)=O)CSCC(N)C(=O)NCCOCCOCCC(F)(F)P(=O)(O)O. The van der Waals surface area contributed by atoms with E-state index in [1.54, 1.807) is 0 Å². The molecule has 0 saturated carbocycles. The van der Waals surface area contributed by atoms with Crippen molar-refractivity contribution in [3.05, 3.63) is 12.7 Å². The molecule has 2 unspecified atom stereocenters. The van der Waals surface area contributed by atoms with E-state index in [1.165, 1.54) is 24.8 Å². The largest absolute Gasteiger partial charge is 0.462 e. The fraction of sp³-hybridized carbons (Fsp3) is 0.737. The van der Waals surface area contributed by atoms with E-state index >= 15 is 0 Å². The van der Waals surface area contributed by atoms with Crippen molar-refractivity contribution in [2.75, 3.05) is 51.1 Å². The molecule has 0 aromatic heterocycles. The maximum atomic E-state index is 13.0. The minimum absolute atomic E-state index is 0.00387. The van der Waals surface area contributed by atoms with Crippen LogP contribution in [-0.2, 0) is 37.9 Å². The Morgan fingerprint density at radius 1 is 1.17 bits per heavy atom. The Morgan fingerprint density at radius 2 is 1.80 bits per heavy atom. The Labute approximate surface area is 206 Å². The molecule has 5 N–H and O–H groups in total. The highest BCUT2D eigenvalue weighted by molar-refractivity contribution is 7.99. The van der Waals surface area contributed by atoms with Crippen LogP contribution in [-0.4, -0.2) is 96.5 Å². The van der Waals surface area contributed by atoms with Crippen LogP contribution >= 0.6 is 19.4 Å². The van der Waals surface area contributed by atoms with Crippen LogP contribution in [0.15, 0.2) is 12.7 Å². The van der Waals surface area contributed by atoms with E-state index in [4.69, 9.17) is 34.5 Å². The molecule has 1 amide bonds. The summed E-state index contributed by atoms with van der Waals surface area (Å²) in [5.74, 6) is -1.04. The monoisotopic (exact) mass is 550 g/mol. The number of halogens is 2. The molecule has 0 aromatic rings. The van der Waals surface area contributed by atoms with Gasteiger partial charge in [0, 0.05) is 31.4 Å². The maximum Gasteiger partial charge on any atom is 0.394 e. The first-order valence-corrected chi connectivity index (χ1v) is 13.2. The number of hydrogen-bond acceptors (Lipinski definition) is 10. The van der Waals surface area contributed by atoms with Gasteiger partial charge in [-0.05, 0) is 0 Å². The van der Waals surface area contributed by atoms with Gasteiger partial charge in [0.25, 0.3) is 0 Å². The van der Waals surface area contributed by atoms with Crippen LogP contribution < -0.4 is 11.1 Å². The second kappa shape index (κ2) is 17.8. The van der Waals surface area contributed by atoms with Gasteiger partial charge in [-0.2, -0.15) is 20.5 Å². The minimum Gasteiger partial charge on any atom is -0.462 e. The van der Waals surface area contributed by atoms with Crippen LogP contribution in [0.3, 0.4) is 0 Å². The third kappa shape index (κ3) is 16.6. The molecule has 0 aliphatic heterocycles. The molecule has 0 heterocycles. The van der Waals surface area contributed by atoms with Gasteiger partial charge < -0.3 is 39.8 Å². The first kappa shape index (κ1) is 33.4. The molecular formula is C19H33F2N2O10PS. The number of thioether (sulfide) groups is 1. The highest BCUT2D eigenvalue weighted by Crippen LogP contribution is 2.54. The van der Waals surface area contributed by atoms with Gasteiger partial charge in [-0.1, -0.05) is 6.08 Å². The Balaban J connectivity index is 4.00. The van der Waals surface area contributed by atoms with Crippen molar-refractivity contribution in [1.29, 1.82) is 0 Å². The van der Waals surface area contributed by atoms with Crippen molar-refractivity contribution in [3.8, 4) is 0 Å². The first-order valence-electron chi connectivity index (χ1n) is 10.4. The number of ether oxygens (including phenoxy) is 4. The van der Waals surface area contributed by atoms with Crippen molar-refractivity contribution < 1.29 is 56.5 Å². The molecule has 0 bridgehead atoms. The van der Waals surface area contributed by atoms with E-state index in [9.17, 15) is 27.7 Å².